The Morgan fingerprint density at radius 2 is 1.92 bits per heavy atom. The van der Waals surface area contributed by atoms with E-state index in [1.165, 1.54) is 10.6 Å². The highest BCUT2D eigenvalue weighted by Gasteiger charge is 2.18. The Hall–Kier alpha value is -2.50. The summed E-state index contributed by atoms with van der Waals surface area (Å²) in [5, 5.41) is 2.70. The fourth-order valence-electron chi connectivity index (χ4n) is 2.80. The van der Waals surface area contributed by atoms with Gasteiger partial charge in [-0.2, -0.15) is 0 Å². The first-order valence-electron chi connectivity index (χ1n) is 8.22. The number of halogens is 2. The zero-order chi connectivity index (χ0) is 18.7. The minimum absolute atomic E-state index is 0.0194. The van der Waals surface area contributed by atoms with E-state index in [0.717, 1.165) is 23.4 Å². The Morgan fingerprint density at radius 3 is 2.48 bits per heavy atom. The van der Waals surface area contributed by atoms with Crippen LogP contribution < -0.4 is 10.9 Å². The predicted molar refractivity (Wildman–Crippen MR) is 92.9 cm³/mol. The van der Waals surface area contributed by atoms with Crippen LogP contribution in [0.1, 0.15) is 48.0 Å². The third kappa shape index (κ3) is 4.13. The molecule has 25 heavy (non-hydrogen) atoms. The summed E-state index contributed by atoms with van der Waals surface area (Å²) >= 11 is 0. The summed E-state index contributed by atoms with van der Waals surface area (Å²) in [4.78, 5) is 25.1. The van der Waals surface area contributed by atoms with Crippen molar-refractivity contribution in [2.45, 2.75) is 46.7 Å². The largest absolute Gasteiger partial charge is 0.350 e. The Balaban J connectivity index is 2.57. The van der Waals surface area contributed by atoms with Crippen LogP contribution in [0.3, 0.4) is 0 Å². The quantitative estimate of drug-likeness (QED) is 0.902. The number of nitrogens with zero attached hydrogens (tertiary/aromatic N) is 1. The summed E-state index contributed by atoms with van der Waals surface area (Å²) in [6.07, 6.45) is 0.552. The number of carbonyl (C=O) groups excluding carboxylic acids is 1. The molecule has 134 valence electrons. The summed E-state index contributed by atoms with van der Waals surface area (Å²) in [5.41, 5.74) is 1.22. The van der Waals surface area contributed by atoms with Crippen LogP contribution in [0, 0.1) is 18.6 Å². The second kappa shape index (κ2) is 7.59. The van der Waals surface area contributed by atoms with Crippen LogP contribution in [0.25, 0.3) is 0 Å². The molecule has 1 aromatic heterocycles. The van der Waals surface area contributed by atoms with Crippen molar-refractivity contribution in [2.75, 3.05) is 0 Å². The minimum atomic E-state index is -0.719. The summed E-state index contributed by atoms with van der Waals surface area (Å²) in [6, 6.07) is 4.70. The number of benzene rings is 1. The van der Waals surface area contributed by atoms with E-state index >= 15 is 0 Å². The first-order valence-corrected chi connectivity index (χ1v) is 8.22. The molecular weight excluding hydrogens is 326 g/mol. The number of rotatable bonds is 5. The molecule has 0 saturated carbocycles. The highest BCUT2D eigenvalue weighted by molar-refractivity contribution is 5.94. The van der Waals surface area contributed by atoms with Crippen molar-refractivity contribution in [3.05, 3.63) is 68.6 Å². The van der Waals surface area contributed by atoms with Gasteiger partial charge in [0.1, 0.15) is 17.2 Å². The van der Waals surface area contributed by atoms with Crippen LogP contribution >= 0.6 is 0 Å². The standard InChI is InChI=1S/C19H22F2N2O2/c1-5-17-12(4)8-15(18(24)22-11(2)3)19(25)23(17)10-13-6-7-14(20)9-16(13)21/h6-9,11H,5,10H2,1-4H3,(H,22,24). The normalized spacial score (nSPS) is 11.0. The maximum atomic E-state index is 14.0. The average Bonchev–Trinajstić information content (AvgIpc) is 2.52. The monoisotopic (exact) mass is 348 g/mol. The van der Waals surface area contributed by atoms with E-state index in [1.54, 1.807) is 19.9 Å². The zero-order valence-corrected chi connectivity index (χ0v) is 14.8. The predicted octanol–water partition coefficient (Wildman–Crippen LogP) is 3.18. The highest BCUT2D eigenvalue weighted by Crippen LogP contribution is 2.15. The van der Waals surface area contributed by atoms with Gasteiger partial charge in [-0.25, -0.2) is 8.78 Å². The molecule has 0 aliphatic carbocycles. The van der Waals surface area contributed by atoms with Crippen LogP contribution in [-0.2, 0) is 13.0 Å². The molecule has 0 fully saturated rings. The number of carbonyl (C=O) groups is 1. The van der Waals surface area contributed by atoms with Gasteiger partial charge in [-0.05, 0) is 44.9 Å². The number of nitrogens with one attached hydrogen (secondary N) is 1. The minimum Gasteiger partial charge on any atom is -0.350 e. The first kappa shape index (κ1) is 18.8. The van der Waals surface area contributed by atoms with Crippen molar-refractivity contribution in [1.29, 1.82) is 0 Å². The molecule has 0 unspecified atom stereocenters. The van der Waals surface area contributed by atoms with Crippen molar-refractivity contribution in [3.63, 3.8) is 0 Å². The van der Waals surface area contributed by atoms with Crippen LogP contribution in [0.15, 0.2) is 29.1 Å². The molecule has 0 atom stereocenters. The molecular formula is C19H22F2N2O2. The van der Waals surface area contributed by atoms with Gasteiger partial charge in [-0.3, -0.25) is 9.59 Å². The number of hydrogen-bond acceptors (Lipinski definition) is 2. The number of aromatic nitrogens is 1. The average molecular weight is 348 g/mol. The van der Waals surface area contributed by atoms with Crippen molar-refractivity contribution < 1.29 is 13.6 Å². The van der Waals surface area contributed by atoms with Gasteiger partial charge in [-0.1, -0.05) is 13.0 Å². The van der Waals surface area contributed by atoms with E-state index in [2.05, 4.69) is 5.32 Å². The Bertz CT molecular complexity index is 857. The molecule has 0 bridgehead atoms. The smallest absolute Gasteiger partial charge is 0.263 e. The molecule has 1 aromatic carbocycles. The lowest BCUT2D eigenvalue weighted by Gasteiger charge is -2.17. The third-order valence-corrected chi connectivity index (χ3v) is 3.96. The lowest BCUT2D eigenvalue weighted by Crippen LogP contribution is -2.37. The molecule has 1 N–H and O–H groups in total. The summed E-state index contributed by atoms with van der Waals surface area (Å²) in [6.45, 7) is 7.24. The van der Waals surface area contributed by atoms with E-state index in [4.69, 9.17) is 0 Å². The van der Waals surface area contributed by atoms with Crippen molar-refractivity contribution in [1.82, 2.24) is 9.88 Å². The molecule has 0 radical (unpaired) electrons. The van der Waals surface area contributed by atoms with Crippen LogP contribution in [-0.4, -0.2) is 16.5 Å². The highest BCUT2D eigenvalue weighted by atomic mass is 19.1. The Labute approximate surface area is 145 Å². The van der Waals surface area contributed by atoms with Gasteiger partial charge in [0.25, 0.3) is 11.5 Å². The van der Waals surface area contributed by atoms with Gasteiger partial charge < -0.3 is 9.88 Å². The molecule has 0 spiro atoms. The molecule has 0 aliphatic heterocycles. The Morgan fingerprint density at radius 1 is 1.24 bits per heavy atom. The van der Waals surface area contributed by atoms with Crippen molar-refractivity contribution in [3.8, 4) is 0 Å². The zero-order valence-electron chi connectivity index (χ0n) is 14.8. The molecule has 2 rings (SSSR count). The molecule has 1 heterocycles. The van der Waals surface area contributed by atoms with Gasteiger partial charge in [-0.15, -0.1) is 0 Å². The van der Waals surface area contributed by atoms with Crippen LogP contribution in [0.5, 0.6) is 0 Å². The first-order chi connectivity index (χ1) is 11.7. The topological polar surface area (TPSA) is 51.1 Å². The van der Waals surface area contributed by atoms with Gasteiger partial charge in [0, 0.05) is 23.4 Å². The number of aryl methyl sites for hydroxylation is 1. The van der Waals surface area contributed by atoms with E-state index in [1.807, 2.05) is 13.8 Å². The molecule has 2 aromatic rings. The van der Waals surface area contributed by atoms with Gasteiger partial charge in [0.15, 0.2) is 0 Å². The SMILES string of the molecule is CCc1c(C)cc(C(=O)NC(C)C)c(=O)n1Cc1ccc(F)cc1F. The van der Waals surface area contributed by atoms with E-state index in [9.17, 15) is 18.4 Å². The van der Waals surface area contributed by atoms with Crippen molar-refractivity contribution >= 4 is 5.91 Å². The summed E-state index contributed by atoms with van der Waals surface area (Å²) in [5.74, 6) is -1.85. The number of amides is 1. The van der Waals surface area contributed by atoms with Gasteiger partial charge >= 0.3 is 0 Å². The van der Waals surface area contributed by atoms with Gasteiger partial charge in [0.05, 0.1) is 6.54 Å². The number of hydrogen-bond donors (Lipinski definition) is 1. The molecule has 1 amide bonds. The third-order valence-electron chi connectivity index (χ3n) is 3.96. The van der Waals surface area contributed by atoms with Crippen LogP contribution in [0.4, 0.5) is 8.78 Å². The Kier molecular flexibility index (Phi) is 5.72. The van der Waals surface area contributed by atoms with Crippen molar-refractivity contribution in [2.24, 2.45) is 0 Å². The van der Waals surface area contributed by atoms with E-state index in [0.29, 0.717) is 6.42 Å². The second-order valence-electron chi connectivity index (χ2n) is 6.30. The lowest BCUT2D eigenvalue weighted by atomic mass is 10.1. The second-order valence-corrected chi connectivity index (χ2v) is 6.30. The maximum absolute atomic E-state index is 14.0. The fourth-order valence-corrected chi connectivity index (χ4v) is 2.80. The molecule has 0 aliphatic rings. The van der Waals surface area contributed by atoms with Crippen LogP contribution in [0.2, 0.25) is 0 Å². The number of pyridine rings is 1. The maximum Gasteiger partial charge on any atom is 0.263 e. The molecule has 0 saturated heterocycles. The fraction of sp³-hybridized carbons (Fsp3) is 0.368. The van der Waals surface area contributed by atoms with E-state index < -0.39 is 23.1 Å². The summed E-state index contributed by atoms with van der Waals surface area (Å²) < 4.78 is 28.5. The summed E-state index contributed by atoms with van der Waals surface area (Å²) in [7, 11) is 0. The van der Waals surface area contributed by atoms with E-state index in [-0.39, 0.29) is 23.7 Å². The molecule has 6 heteroatoms. The molecule has 4 nitrogen and oxygen atoms in total. The lowest BCUT2D eigenvalue weighted by molar-refractivity contribution is 0.0941. The van der Waals surface area contributed by atoms with Gasteiger partial charge in [0.2, 0.25) is 0 Å².